The van der Waals surface area contributed by atoms with Crippen LogP contribution < -0.4 is 4.74 Å². The number of aryl methyl sites for hydroxylation is 1. The molecule has 1 aromatic rings. The molecule has 0 saturated carbocycles. The number of nitrogens with zero attached hydrogens (tertiary/aromatic N) is 1. The minimum Gasteiger partial charge on any atom is -0.490 e. The fourth-order valence-electron chi connectivity index (χ4n) is 3.17. The molecule has 1 unspecified atom stereocenters. The Morgan fingerprint density at radius 1 is 1.30 bits per heavy atom. The maximum absolute atomic E-state index is 10.3. The Morgan fingerprint density at radius 3 is 2.40 bits per heavy atom. The highest BCUT2D eigenvalue weighted by atomic mass is 32.1. The van der Waals surface area contributed by atoms with Crippen molar-refractivity contribution in [3.63, 3.8) is 0 Å². The van der Waals surface area contributed by atoms with Gasteiger partial charge < -0.3 is 9.84 Å². The average molecular weight is 297 g/mol. The Morgan fingerprint density at radius 2 is 1.90 bits per heavy atom. The van der Waals surface area contributed by atoms with E-state index in [1.165, 1.54) is 17.7 Å². The van der Waals surface area contributed by atoms with Crippen LogP contribution in [-0.4, -0.2) is 40.3 Å². The fourth-order valence-corrected chi connectivity index (χ4v) is 3.81. The molecule has 1 fully saturated rings. The summed E-state index contributed by atoms with van der Waals surface area (Å²) < 4.78 is 5.72. The smallest absolute Gasteiger partial charge is 0.133 e. The summed E-state index contributed by atoms with van der Waals surface area (Å²) in [5, 5.41) is 12.3. The highest BCUT2D eigenvalue weighted by Crippen LogP contribution is 2.40. The molecule has 2 heterocycles. The van der Waals surface area contributed by atoms with Crippen molar-refractivity contribution in [1.29, 1.82) is 0 Å². The van der Waals surface area contributed by atoms with Gasteiger partial charge in [-0.25, -0.2) is 0 Å². The molecule has 2 rings (SSSR count). The number of hydrogen-bond donors (Lipinski definition) is 1. The number of β-amino-alcohol motifs (C(OH)–C–C–N with tert-alkyl or cyclic N) is 1. The third kappa shape index (κ3) is 3.35. The molecule has 0 aliphatic carbocycles. The van der Waals surface area contributed by atoms with Gasteiger partial charge in [0.05, 0.1) is 0 Å². The maximum atomic E-state index is 10.3. The van der Waals surface area contributed by atoms with E-state index >= 15 is 0 Å². The molecule has 1 saturated heterocycles. The summed E-state index contributed by atoms with van der Waals surface area (Å²) in [5.41, 5.74) is 0.311. The molecule has 1 atom stereocenters. The first-order valence-corrected chi connectivity index (χ1v) is 8.23. The van der Waals surface area contributed by atoms with Crippen molar-refractivity contribution < 1.29 is 9.84 Å². The van der Waals surface area contributed by atoms with Crippen molar-refractivity contribution >= 4 is 11.3 Å². The summed E-state index contributed by atoms with van der Waals surface area (Å²) in [6.45, 7) is 12.1. The van der Waals surface area contributed by atoms with E-state index in [0.717, 1.165) is 5.75 Å². The predicted molar refractivity (Wildman–Crippen MR) is 84.7 cm³/mol. The van der Waals surface area contributed by atoms with Crippen LogP contribution in [0.1, 0.15) is 45.4 Å². The predicted octanol–water partition coefficient (Wildman–Crippen LogP) is 3.45. The van der Waals surface area contributed by atoms with E-state index < -0.39 is 6.10 Å². The van der Waals surface area contributed by atoms with Gasteiger partial charge in [0, 0.05) is 22.5 Å². The lowest BCUT2D eigenvalue weighted by Crippen LogP contribution is -2.52. The molecular weight excluding hydrogens is 270 g/mol. The van der Waals surface area contributed by atoms with E-state index in [-0.39, 0.29) is 11.1 Å². The van der Waals surface area contributed by atoms with E-state index in [1.54, 1.807) is 11.3 Å². The first kappa shape index (κ1) is 15.8. The Labute approximate surface area is 126 Å². The minimum absolute atomic E-state index is 0.156. The van der Waals surface area contributed by atoms with Crippen molar-refractivity contribution in [1.82, 2.24) is 4.90 Å². The number of aliphatic hydroxyl groups is 1. The molecule has 20 heavy (non-hydrogen) atoms. The lowest BCUT2D eigenvalue weighted by atomic mass is 10.0. The summed E-state index contributed by atoms with van der Waals surface area (Å²) in [4.78, 5) is 3.59. The van der Waals surface area contributed by atoms with Crippen LogP contribution in [0.15, 0.2) is 11.4 Å². The van der Waals surface area contributed by atoms with Crippen LogP contribution in [0.5, 0.6) is 5.75 Å². The van der Waals surface area contributed by atoms with Crippen LogP contribution in [0.3, 0.4) is 0 Å². The molecule has 3 nitrogen and oxygen atoms in total. The molecule has 0 aromatic carbocycles. The Balaban J connectivity index is 1.91. The molecule has 0 bridgehead atoms. The van der Waals surface area contributed by atoms with Crippen LogP contribution >= 0.6 is 11.3 Å². The fraction of sp³-hybridized carbons (Fsp3) is 0.750. The highest BCUT2D eigenvalue weighted by Gasteiger charge is 2.44. The maximum Gasteiger partial charge on any atom is 0.133 e. The van der Waals surface area contributed by atoms with Gasteiger partial charge in [0.2, 0.25) is 0 Å². The summed E-state index contributed by atoms with van der Waals surface area (Å²) in [6, 6.07) is 1.97. The van der Waals surface area contributed by atoms with Crippen molar-refractivity contribution in [3.8, 4) is 5.75 Å². The van der Waals surface area contributed by atoms with Gasteiger partial charge in [0.15, 0.2) is 0 Å². The van der Waals surface area contributed by atoms with E-state index in [4.69, 9.17) is 4.74 Å². The summed E-state index contributed by atoms with van der Waals surface area (Å²) in [6.07, 6.45) is 1.90. The second-order valence-electron chi connectivity index (χ2n) is 7.04. The van der Waals surface area contributed by atoms with E-state index in [9.17, 15) is 5.11 Å². The largest absolute Gasteiger partial charge is 0.490 e. The average Bonchev–Trinajstić information content (AvgIpc) is 2.84. The van der Waals surface area contributed by atoms with Crippen molar-refractivity contribution in [2.24, 2.45) is 0 Å². The number of hydrogen-bond acceptors (Lipinski definition) is 4. The lowest BCUT2D eigenvalue weighted by Gasteiger charge is -2.41. The van der Waals surface area contributed by atoms with E-state index in [0.29, 0.717) is 13.2 Å². The van der Waals surface area contributed by atoms with Gasteiger partial charge in [-0.2, -0.15) is 0 Å². The van der Waals surface area contributed by atoms with Crippen molar-refractivity contribution in [2.45, 2.75) is 64.6 Å². The van der Waals surface area contributed by atoms with Crippen molar-refractivity contribution in [3.05, 3.63) is 16.3 Å². The van der Waals surface area contributed by atoms with Gasteiger partial charge in [0.1, 0.15) is 18.5 Å². The SMILES string of the molecule is Cc1sccc1OCC(O)CN1C(C)(C)CCC1(C)C. The Kier molecular flexibility index (Phi) is 4.47. The minimum atomic E-state index is -0.453. The molecular formula is C16H27NO2S. The lowest BCUT2D eigenvalue weighted by molar-refractivity contribution is 0.00529. The molecule has 0 amide bonds. The topological polar surface area (TPSA) is 32.7 Å². The zero-order valence-electron chi connectivity index (χ0n) is 13.3. The number of ether oxygens (including phenoxy) is 1. The van der Waals surface area contributed by atoms with Crippen LogP contribution in [0, 0.1) is 6.92 Å². The second kappa shape index (κ2) is 5.66. The zero-order valence-corrected chi connectivity index (χ0v) is 14.1. The van der Waals surface area contributed by atoms with Gasteiger partial charge in [-0.05, 0) is 58.9 Å². The molecule has 1 N–H and O–H groups in total. The molecule has 0 radical (unpaired) electrons. The van der Waals surface area contributed by atoms with Crippen LogP contribution in [0.2, 0.25) is 0 Å². The number of rotatable bonds is 5. The normalized spacial score (nSPS) is 22.9. The summed E-state index contributed by atoms with van der Waals surface area (Å²) in [5.74, 6) is 0.897. The monoisotopic (exact) mass is 297 g/mol. The quantitative estimate of drug-likeness (QED) is 0.903. The molecule has 0 spiro atoms. The van der Waals surface area contributed by atoms with Crippen LogP contribution in [0.4, 0.5) is 0 Å². The van der Waals surface area contributed by atoms with Gasteiger partial charge >= 0.3 is 0 Å². The highest BCUT2D eigenvalue weighted by molar-refractivity contribution is 7.10. The molecule has 4 heteroatoms. The summed E-state index contributed by atoms with van der Waals surface area (Å²) in [7, 11) is 0. The Bertz CT molecular complexity index is 437. The van der Waals surface area contributed by atoms with Gasteiger partial charge in [0.25, 0.3) is 0 Å². The number of thiophene rings is 1. The van der Waals surface area contributed by atoms with Gasteiger partial charge in [-0.3, -0.25) is 4.90 Å². The van der Waals surface area contributed by atoms with Crippen molar-refractivity contribution in [2.75, 3.05) is 13.2 Å². The third-order valence-electron chi connectivity index (χ3n) is 4.45. The first-order chi connectivity index (χ1) is 9.22. The zero-order chi connectivity index (χ0) is 15.0. The molecule has 1 aromatic heterocycles. The standard InChI is InChI=1S/C16H27NO2S/c1-12-14(6-9-20-12)19-11-13(18)10-17-15(2,3)7-8-16(17,4)5/h6,9,13,18H,7-8,10-11H2,1-5H3. The van der Waals surface area contributed by atoms with Gasteiger partial charge in [-0.1, -0.05) is 0 Å². The number of aliphatic hydroxyl groups excluding tert-OH is 1. The van der Waals surface area contributed by atoms with Crippen LogP contribution in [0.25, 0.3) is 0 Å². The van der Waals surface area contributed by atoms with Crippen LogP contribution in [-0.2, 0) is 0 Å². The van der Waals surface area contributed by atoms with E-state index in [2.05, 4.69) is 32.6 Å². The number of likely N-dealkylation sites (tertiary alicyclic amines) is 1. The molecule has 1 aliphatic rings. The first-order valence-electron chi connectivity index (χ1n) is 7.35. The second-order valence-corrected chi connectivity index (χ2v) is 8.16. The Hall–Kier alpha value is -0.580. The van der Waals surface area contributed by atoms with E-state index in [1.807, 2.05) is 18.4 Å². The molecule has 1 aliphatic heterocycles. The van der Waals surface area contributed by atoms with Gasteiger partial charge in [-0.15, -0.1) is 11.3 Å². The summed E-state index contributed by atoms with van der Waals surface area (Å²) >= 11 is 1.67. The molecule has 114 valence electrons. The third-order valence-corrected chi connectivity index (χ3v) is 5.27.